The Morgan fingerprint density at radius 2 is 1.70 bits per heavy atom. The second kappa shape index (κ2) is 10.0. The Hall–Kier alpha value is -3.28. The van der Waals surface area contributed by atoms with Crippen LogP contribution in [0.3, 0.4) is 0 Å². The van der Waals surface area contributed by atoms with Gasteiger partial charge in [-0.15, -0.1) is 0 Å². The largest absolute Gasteiger partial charge is 0.493 e. The van der Waals surface area contributed by atoms with Crippen molar-refractivity contribution in [1.29, 1.82) is 0 Å². The average molecular weight is 368 g/mol. The summed E-state index contributed by atoms with van der Waals surface area (Å²) in [6.45, 7) is 1.79. The van der Waals surface area contributed by atoms with E-state index in [4.69, 9.17) is 9.47 Å². The van der Waals surface area contributed by atoms with Crippen molar-refractivity contribution < 1.29 is 19.1 Å². The summed E-state index contributed by atoms with van der Waals surface area (Å²) in [5.41, 5.74) is 2.04. The third kappa shape index (κ3) is 6.18. The summed E-state index contributed by atoms with van der Waals surface area (Å²) in [6, 6.07) is 15.0. The summed E-state index contributed by atoms with van der Waals surface area (Å²) in [5.74, 6) is 0.662. The molecule has 0 bridgehead atoms. The first kappa shape index (κ1) is 20.0. The lowest BCUT2D eigenvalue weighted by molar-refractivity contribution is -0.122. The van der Waals surface area contributed by atoms with Crippen LogP contribution in [-0.2, 0) is 16.0 Å². The van der Waals surface area contributed by atoms with Gasteiger partial charge in [0.05, 0.1) is 14.2 Å². The molecule has 6 nitrogen and oxygen atoms in total. The van der Waals surface area contributed by atoms with Crippen molar-refractivity contribution in [2.45, 2.75) is 13.3 Å². The third-order valence-electron chi connectivity index (χ3n) is 3.81. The number of hydrogen-bond donors (Lipinski definition) is 2. The molecule has 2 aromatic rings. The Labute approximate surface area is 159 Å². The van der Waals surface area contributed by atoms with Crippen molar-refractivity contribution >= 4 is 17.9 Å². The van der Waals surface area contributed by atoms with Crippen LogP contribution in [0, 0.1) is 0 Å². The normalized spacial score (nSPS) is 10.9. The number of ether oxygens (including phenoxy) is 2. The summed E-state index contributed by atoms with van der Waals surface area (Å²) in [5, 5.41) is 5.41. The first-order valence-corrected chi connectivity index (χ1v) is 8.57. The van der Waals surface area contributed by atoms with Gasteiger partial charge in [-0.25, -0.2) is 0 Å². The molecule has 0 saturated carbocycles. The van der Waals surface area contributed by atoms with Crippen molar-refractivity contribution in [3.8, 4) is 11.5 Å². The lowest BCUT2D eigenvalue weighted by Gasteiger charge is -2.11. The molecule has 0 aromatic heterocycles. The van der Waals surface area contributed by atoms with Gasteiger partial charge in [-0.1, -0.05) is 36.4 Å². The zero-order valence-corrected chi connectivity index (χ0v) is 15.7. The van der Waals surface area contributed by atoms with Gasteiger partial charge in [0.15, 0.2) is 11.5 Å². The molecule has 27 heavy (non-hydrogen) atoms. The minimum absolute atomic E-state index is 0.209. The smallest absolute Gasteiger partial charge is 0.267 e. The van der Waals surface area contributed by atoms with Gasteiger partial charge in [-0.05, 0) is 35.8 Å². The van der Waals surface area contributed by atoms with E-state index >= 15 is 0 Å². The van der Waals surface area contributed by atoms with Crippen LogP contribution in [0.25, 0.3) is 6.08 Å². The molecule has 0 aliphatic carbocycles. The van der Waals surface area contributed by atoms with Gasteiger partial charge < -0.3 is 20.1 Å². The van der Waals surface area contributed by atoms with Crippen LogP contribution in [-0.4, -0.2) is 32.6 Å². The van der Waals surface area contributed by atoms with E-state index in [0.29, 0.717) is 24.5 Å². The Morgan fingerprint density at radius 3 is 2.33 bits per heavy atom. The van der Waals surface area contributed by atoms with E-state index in [2.05, 4.69) is 10.6 Å². The number of amides is 2. The van der Waals surface area contributed by atoms with E-state index in [1.54, 1.807) is 20.3 Å². The van der Waals surface area contributed by atoms with Crippen molar-refractivity contribution in [3.63, 3.8) is 0 Å². The Bertz CT molecular complexity index is 816. The maximum absolute atomic E-state index is 12.5. The topological polar surface area (TPSA) is 76.7 Å². The Morgan fingerprint density at radius 1 is 1.00 bits per heavy atom. The number of rotatable bonds is 8. The monoisotopic (exact) mass is 368 g/mol. The van der Waals surface area contributed by atoms with E-state index in [0.717, 1.165) is 11.1 Å². The molecule has 0 atom stereocenters. The zero-order valence-electron chi connectivity index (χ0n) is 15.7. The molecular weight excluding hydrogens is 344 g/mol. The Balaban J connectivity index is 2.01. The third-order valence-corrected chi connectivity index (χ3v) is 3.81. The fraction of sp³-hybridized carbons (Fsp3) is 0.238. The lowest BCUT2D eigenvalue weighted by Crippen LogP contribution is -2.34. The van der Waals surface area contributed by atoms with Gasteiger partial charge in [0.2, 0.25) is 5.91 Å². The molecule has 2 rings (SSSR count). The highest BCUT2D eigenvalue weighted by atomic mass is 16.5. The SMILES string of the molecule is COc1ccc(CCNC(=O)C(=Cc2ccccc2)NC(C)=O)cc1OC. The summed E-state index contributed by atoms with van der Waals surface area (Å²) in [7, 11) is 3.16. The molecule has 2 N–H and O–H groups in total. The van der Waals surface area contributed by atoms with E-state index in [1.807, 2.05) is 48.5 Å². The molecule has 142 valence electrons. The maximum atomic E-state index is 12.5. The van der Waals surface area contributed by atoms with Crippen LogP contribution < -0.4 is 20.1 Å². The highest BCUT2D eigenvalue weighted by Gasteiger charge is 2.11. The number of carbonyl (C=O) groups excluding carboxylic acids is 2. The van der Waals surface area contributed by atoms with Gasteiger partial charge in [0, 0.05) is 13.5 Å². The quantitative estimate of drug-likeness (QED) is 0.702. The number of nitrogens with one attached hydrogen (secondary N) is 2. The molecule has 0 heterocycles. The Kier molecular flexibility index (Phi) is 7.43. The molecule has 0 radical (unpaired) electrons. The minimum atomic E-state index is -0.338. The van der Waals surface area contributed by atoms with E-state index in [-0.39, 0.29) is 17.5 Å². The number of hydrogen-bond acceptors (Lipinski definition) is 4. The molecule has 2 amide bonds. The first-order valence-electron chi connectivity index (χ1n) is 8.57. The molecule has 0 unspecified atom stereocenters. The number of methoxy groups -OCH3 is 2. The van der Waals surface area contributed by atoms with Gasteiger partial charge in [-0.3, -0.25) is 9.59 Å². The highest BCUT2D eigenvalue weighted by Crippen LogP contribution is 2.27. The van der Waals surface area contributed by atoms with Crippen molar-refractivity contribution in [3.05, 3.63) is 65.4 Å². The predicted molar refractivity (Wildman–Crippen MR) is 104 cm³/mol. The van der Waals surface area contributed by atoms with Crippen LogP contribution in [0.4, 0.5) is 0 Å². The van der Waals surface area contributed by atoms with Crippen LogP contribution in [0.5, 0.6) is 11.5 Å². The van der Waals surface area contributed by atoms with Crippen molar-refractivity contribution in [1.82, 2.24) is 10.6 Å². The standard InChI is InChI=1S/C21H24N2O4/c1-15(24)23-18(13-16-7-5-4-6-8-16)21(25)22-12-11-17-9-10-19(26-2)20(14-17)27-3/h4-10,13-14H,11-12H2,1-3H3,(H,22,25)(H,23,24). The summed E-state index contributed by atoms with van der Waals surface area (Å²) < 4.78 is 10.5. The van der Waals surface area contributed by atoms with Crippen LogP contribution in [0.15, 0.2) is 54.2 Å². The lowest BCUT2D eigenvalue weighted by atomic mass is 10.1. The molecule has 0 saturated heterocycles. The van der Waals surface area contributed by atoms with Gasteiger partial charge in [0.25, 0.3) is 5.91 Å². The van der Waals surface area contributed by atoms with Gasteiger partial charge in [-0.2, -0.15) is 0 Å². The zero-order chi connectivity index (χ0) is 19.6. The van der Waals surface area contributed by atoms with Crippen LogP contribution >= 0.6 is 0 Å². The molecule has 6 heteroatoms. The van der Waals surface area contributed by atoms with Crippen LogP contribution in [0.2, 0.25) is 0 Å². The molecule has 0 aliphatic rings. The summed E-state index contributed by atoms with van der Waals surface area (Å²) >= 11 is 0. The number of carbonyl (C=O) groups is 2. The van der Waals surface area contributed by atoms with Crippen molar-refractivity contribution in [2.75, 3.05) is 20.8 Å². The highest BCUT2D eigenvalue weighted by molar-refractivity contribution is 6.00. The fourth-order valence-electron chi connectivity index (χ4n) is 2.52. The first-order chi connectivity index (χ1) is 13.0. The van der Waals surface area contributed by atoms with E-state index in [1.165, 1.54) is 6.92 Å². The summed E-state index contributed by atoms with van der Waals surface area (Å²) in [4.78, 5) is 23.9. The number of benzene rings is 2. The molecule has 0 aliphatic heterocycles. The van der Waals surface area contributed by atoms with E-state index < -0.39 is 0 Å². The van der Waals surface area contributed by atoms with Gasteiger partial charge >= 0.3 is 0 Å². The molecule has 0 spiro atoms. The fourth-order valence-corrected chi connectivity index (χ4v) is 2.52. The van der Waals surface area contributed by atoms with Crippen molar-refractivity contribution in [2.24, 2.45) is 0 Å². The van der Waals surface area contributed by atoms with Crippen LogP contribution in [0.1, 0.15) is 18.1 Å². The molecule has 2 aromatic carbocycles. The average Bonchev–Trinajstić information content (AvgIpc) is 2.67. The molecular formula is C21H24N2O4. The summed E-state index contributed by atoms with van der Waals surface area (Å²) in [6.07, 6.45) is 2.26. The van der Waals surface area contributed by atoms with E-state index in [9.17, 15) is 9.59 Å². The second-order valence-corrected chi connectivity index (χ2v) is 5.85. The second-order valence-electron chi connectivity index (χ2n) is 5.85. The van der Waals surface area contributed by atoms with Gasteiger partial charge in [0.1, 0.15) is 5.70 Å². The predicted octanol–water partition coefficient (Wildman–Crippen LogP) is 2.54. The maximum Gasteiger partial charge on any atom is 0.267 e. The molecule has 0 fully saturated rings. The minimum Gasteiger partial charge on any atom is -0.493 e.